The van der Waals surface area contributed by atoms with Crippen LogP contribution in [0.4, 0.5) is 0 Å². The molecule has 0 aliphatic carbocycles. The molecule has 0 saturated carbocycles. The molecule has 1 aromatic carbocycles. The molecule has 3 heteroatoms. The van der Waals surface area contributed by atoms with Gasteiger partial charge in [-0.1, -0.05) is 44.2 Å². The summed E-state index contributed by atoms with van der Waals surface area (Å²) in [5.41, 5.74) is 2.77. The van der Waals surface area contributed by atoms with Gasteiger partial charge < -0.3 is 5.32 Å². The second-order valence-electron chi connectivity index (χ2n) is 4.91. The van der Waals surface area contributed by atoms with Crippen LogP contribution in [0.15, 0.2) is 47.2 Å². The first kappa shape index (κ1) is 15.2. The number of hydrogen-bond acceptors (Lipinski definition) is 3. The summed E-state index contributed by atoms with van der Waals surface area (Å²) < 4.78 is 0. The molecule has 2 rings (SSSR count). The zero-order chi connectivity index (χ0) is 14.2. The molecule has 0 radical (unpaired) electrons. The van der Waals surface area contributed by atoms with Crippen molar-refractivity contribution in [3.63, 3.8) is 0 Å². The Morgan fingerprint density at radius 3 is 2.45 bits per heavy atom. The summed E-state index contributed by atoms with van der Waals surface area (Å²) in [6.45, 7) is 8.57. The van der Waals surface area contributed by atoms with E-state index in [1.165, 1.54) is 11.1 Å². The molecule has 0 saturated heterocycles. The molecular formula is C17H24N2S. The van der Waals surface area contributed by atoms with Gasteiger partial charge >= 0.3 is 0 Å². The van der Waals surface area contributed by atoms with Crippen molar-refractivity contribution in [1.82, 2.24) is 10.2 Å². The molecule has 1 atom stereocenters. The van der Waals surface area contributed by atoms with E-state index in [-0.39, 0.29) is 0 Å². The van der Waals surface area contributed by atoms with Crippen LogP contribution >= 0.6 is 11.3 Å². The Labute approximate surface area is 126 Å². The van der Waals surface area contributed by atoms with Crippen molar-refractivity contribution in [1.29, 1.82) is 0 Å². The van der Waals surface area contributed by atoms with Crippen molar-refractivity contribution in [2.45, 2.75) is 26.4 Å². The summed E-state index contributed by atoms with van der Waals surface area (Å²) in [6, 6.07) is 13.4. The van der Waals surface area contributed by atoms with Crippen LogP contribution in [-0.4, -0.2) is 24.5 Å². The lowest BCUT2D eigenvalue weighted by Gasteiger charge is -2.30. The summed E-state index contributed by atoms with van der Waals surface area (Å²) in [5.74, 6) is 0. The maximum Gasteiger partial charge on any atom is 0.0472 e. The molecule has 2 nitrogen and oxygen atoms in total. The number of benzene rings is 1. The molecule has 1 heterocycles. The largest absolute Gasteiger partial charge is 0.311 e. The second kappa shape index (κ2) is 8.20. The quantitative estimate of drug-likeness (QED) is 0.792. The number of nitrogens with zero attached hydrogens (tertiary/aromatic N) is 1. The smallest absolute Gasteiger partial charge is 0.0472 e. The molecule has 0 spiro atoms. The van der Waals surface area contributed by atoms with Crippen molar-refractivity contribution in [2.24, 2.45) is 0 Å². The van der Waals surface area contributed by atoms with Gasteiger partial charge in [-0.3, -0.25) is 4.90 Å². The summed E-state index contributed by atoms with van der Waals surface area (Å²) in [4.78, 5) is 2.51. The first-order valence-electron chi connectivity index (χ1n) is 7.36. The zero-order valence-electron chi connectivity index (χ0n) is 12.4. The van der Waals surface area contributed by atoms with Gasteiger partial charge in [0.1, 0.15) is 0 Å². The molecule has 0 aliphatic heterocycles. The summed E-state index contributed by atoms with van der Waals surface area (Å²) in [7, 11) is 0. The standard InChI is InChI=1S/C17H24N2S/c1-3-19(4-2)17(16-8-6-5-7-9-16)13-18-12-15-10-11-20-14-15/h5-11,14,17-18H,3-4,12-13H2,1-2H3. The Balaban J connectivity index is 1.99. The number of likely N-dealkylation sites (N-methyl/N-ethyl adjacent to an activating group) is 1. The van der Waals surface area contributed by atoms with Crippen molar-refractivity contribution in [3.8, 4) is 0 Å². The zero-order valence-corrected chi connectivity index (χ0v) is 13.2. The maximum absolute atomic E-state index is 3.60. The third-order valence-corrected chi connectivity index (χ3v) is 4.42. The average Bonchev–Trinajstić information content (AvgIpc) is 3.01. The Morgan fingerprint density at radius 2 is 1.85 bits per heavy atom. The third kappa shape index (κ3) is 4.17. The van der Waals surface area contributed by atoms with E-state index >= 15 is 0 Å². The minimum atomic E-state index is 0.449. The molecule has 1 aromatic heterocycles. The molecule has 2 aromatic rings. The lowest BCUT2D eigenvalue weighted by molar-refractivity contribution is 0.213. The fourth-order valence-electron chi connectivity index (χ4n) is 2.54. The van der Waals surface area contributed by atoms with Crippen LogP contribution < -0.4 is 5.32 Å². The van der Waals surface area contributed by atoms with Crippen molar-refractivity contribution >= 4 is 11.3 Å². The molecular weight excluding hydrogens is 264 g/mol. The van der Waals surface area contributed by atoms with Crippen molar-refractivity contribution in [3.05, 3.63) is 58.3 Å². The van der Waals surface area contributed by atoms with Gasteiger partial charge in [0.2, 0.25) is 0 Å². The van der Waals surface area contributed by atoms with Crippen LogP contribution in [0.25, 0.3) is 0 Å². The van der Waals surface area contributed by atoms with Gasteiger partial charge in [0.15, 0.2) is 0 Å². The molecule has 0 bridgehead atoms. The molecule has 108 valence electrons. The topological polar surface area (TPSA) is 15.3 Å². The fraction of sp³-hybridized carbons (Fsp3) is 0.412. The van der Waals surface area contributed by atoms with Gasteiger partial charge in [0.25, 0.3) is 0 Å². The third-order valence-electron chi connectivity index (χ3n) is 3.68. The van der Waals surface area contributed by atoms with Gasteiger partial charge in [-0.2, -0.15) is 11.3 Å². The molecule has 0 amide bonds. The van der Waals surface area contributed by atoms with Crippen molar-refractivity contribution < 1.29 is 0 Å². The lowest BCUT2D eigenvalue weighted by atomic mass is 10.1. The van der Waals surface area contributed by atoms with Crippen LogP contribution in [0.1, 0.15) is 31.0 Å². The highest BCUT2D eigenvalue weighted by molar-refractivity contribution is 7.07. The predicted molar refractivity (Wildman–Crippen MR) is 88.1 cm³/mol. The number of hydrogen-bond donors (Lipinski definition) is 1. The van der Waals surface area contributed by atoms with E-state index in [1.54, 1.807) is 11.3 Å². The highest BCUT2D eigenvalue weighted by atomic mass is 32.1. The fourth-order valence-corrected chi connectivity index (χ4v) is 3.21. The van der Waals surface area contributed by atoms with Crippen LogP contribution in [0.2, 0.25) is 0 Å². The molecule has 0 fully saturated rings. The average molecular weight is 288 g/mol. The van der Waals surface area contributed by atoms with E-state index < -0.39 is 0 Å². The van der Waals surface area contributed by atoms with Gasteiger partial charge in [0.05, 0.1) is 0 Å². The molecule has 0 aliphatic rings. The van der Waals surface area contributed by atoms with E-state index in [2.05, 4.69) is 71.2 Å². The minimum absolute atomic E-state index is 0.449. The minimum Gasteiger partial charge on any atom is -0.311 e. The Morgan fingerprint density at radius 1 is 1.10 bits per heavy atom. The summed E-state index contributed by atoms with van der Waals surface area (Å²) in [5, 5.41) is 7.95. The second-order valence-corrected chi connectivity index (χ2v) is 5.69. The molecule has 20 heavy (non-hydrogen) atoms. The van der Waals surface area contributed by atoms with Gasteiger partial charge in [-0.25, -0.2) is 0 Å². The Bertz CT molecular complexity index is 463. The lowest BCUT2D eigenvalue weighted by Crippen LogP contribution is -2.35. The van der Waals surface area contributed by atoms with E-state index in [9.17, 15) is 0 Å². The monoisotopic (exact) mass is 288 g/mol. The number of nitrogens with one attached hydrogen (secondary N) is 1. The van der Waals surface area contributed by atoms with E-state index in [1.807, 2.05) is 0 Å². The summed E-state index contributed by atoms with van der Waals surface area (Å²) >= 11 is 1.76. The Hall–Kier alpha value is -1.16. The van der Waals surface area contributed by atoms with Crippen LogP contribution in [-0.2, 0) is 6.54 Å². The highest BCUT2D eigenvalue weighted by Crippen LogP contribution is 2.19. The number of thiophene rings is 1. The van der Waals surface area contributed by atoms with E-state index in [4.69, 9.17) is 0 Å². The van der Waals surface area contributed by atoms with E-state index in [0.29, 0.717) is 6.04 Å². The normalized spacial score (nSPS) is 12.8. The first-order chi connectivity index (χ1) is 9.85. The van der Waals surface area contributed by atoms with Crippen LogP contribution in [0.3, 0.4) is 0 Å². The number of rotatable bonds is 8. The predicted octanol–water partition coefficient (Wildman–Crippen LogP) is 3.92. The SMILES string of the molecule is CCN(CC)C(CNCc1ccsc1)c1ccccc1. The molecule has 1 N–H and O–H groups in total. The van der Waals surface area contributed by atoms with Crippen molar-refractivity contribution in [2.75, 3.05) is 19.6 Å². The highest BCUT2D eigenvalue weighted by Gasteiger charge is 2.17. The van der Waals surface area contributed by atoms with Crippen LogP contribution in [0, 0.1) is 0 Å². The maximum atomic E-state index is 3.60. The first-order valence-corrected chi connectivity index (χ1v) is 8.30. The Kier molecular flexibility index (Phi) is 6.25. The summed E-state index contributed by atoms with van der Waals surface area (Å²) in [6.07, 6.45) is 0. The van der Waals surface area contributed by atoms with Gasteiger partial charge in [-0.15, -0.1) is 0 Å². The molecule has 1 unspecified atom stereocenters. The van der Waals surface area contributed by atoms with Gasteiger partial charge in [-0.05, 0) is 41.0 Å². The van der Waals surface area contributed by atoms with Gasteiger partial charge in [0, 0.05) is 19.1 Å². The van der Waals surface area contributed by atoms with Crippen LogP contribution in [0.5, 0.6) is 0 Å². The van der Waals surface area contributed by atoms with E-state index in [0.717, 1.165) is 26.2 Å².